The van der Waals surface area contributed by atoms with E-state index < -0.39 is 5.97 Å². The summed E-state index contributed by atoms with van der Waals surface area (Å²) in [6.45, 7) is 2.68. The largest absolute Gasteiger partial charge is 0.477 e. The van der Waals surface area contributed by atoms with Gasteiger partial charge in [0.1, 0.15) is 5.69 Å². The van der Waals surface area contributed by atoms with Crippen LogP contribution in [-0.4, -0.2) is 32.3 Å². The quantitative estimate of drug-likeness (QED) is 0.655. The van der Waals surface area contributed by atoms with Gasteiger partial charge in [0.15, 0.2) is 0 Å². The number of carboxylic acids is 1. The number of benzene rings is 1. The van der Waals surface area contributed by atoms with Crippen LogP contribution < -0.4 is 5.32 Å². The van der Waals surface area contributed by atoms with Crippen LogP contribution in [-0.2, 0) is 32.5 Å². The summed E-state index contributed by atoms with van der Waals surface area (Å²) in [6.07, 6.45) is 3.42. The molecule has 3 aromatic rings. The lowest BCUT2D eigenvalue weighted by Crippen LogP contribution is -2.24. The number of aliphatic hydroxyl groups excluding tert-OH is 1. The van der Waals surface area contributed by atoms with Crippen LogP contribution in [0.4, 0.5) is 0 Å². The van der Waals surface area contributed by atoms with Crippen molar-refractivity contribution in [3.8, 4) is 0 Å². The summed E-state index contributed by atoms with van der Waals surface area (Å²) in [5.41, 5.74) is 5.87. The Hall–Kier alpha value is -2.70. The molecular formula is C20H21N3O3. The molecule has 0 radical (unpaired) electrons. The zero-order chi connectivity index (χ0) is 18.1. The van der Waals surface area contributed by atoms with E-state index in [9.17, 15) is 9.90 Å². The SMILES string of the molecule is O=C(O)c1ccc(CCn2c3c(c4cc(CO)ccc42)CNCC3)cn1. The Morgan fingerprint density at radius 3 is 2.81 bits per heavy atom. The Morgan fingerprint density at radius 1 is 1.23 bits per heavy atom. The fourth-order valence-corrected chi connectivity index (χ4v) is 3.72. The molecule has 26 heavy (non-hydrogen) atoms. The minimum Gasteiger partial charge on any atom is -0.477 e. The molecule has 0 aliphatic carbocycles. The average Bonchev–Trinajstić information content (AvgIpc) is 2.99. The molecular weight excluding hydrogens is 330 g/mol. The van der Waals surface area contributed by atoms with E-state index in [4.69, 9.17) is 5.11 Å². The zero-order valence-corrected chi connectivity index (χ0v) is 14.4. The number of aromatic nitrogens is 2. The van der Waals surface area contributed by atoms with Crippen molar-refractivity contribution in [3.63, 3.8) is 0 Å². The summed E-state index contributed by atoms with van der Waals surface area (Å²) < 4.78 is 2.36. The fourth-order valence-electron chi connectivity index (χ4n) is 3.72. The maximum atomic E-state index is 10.9. The van der Waals surface area contributed by atoms with Crippen molar-refractivity contribution in [3.05, 3.63) is 64.6 Å². The van der Waals surface area contributed by atoms with Gasteiger partial charge in [-0.2, -0.15) is 0 Å². The normalized spacial score (nSPS) is 13.7. The number of nitrogens with zero attached hydrogens (tertiary/aromatic N) is 2. The number of rotatable bonds is 5. The molecule has 1 aromatic carbocycles. The second kappa shape index (κ2) is 6.90. The molecule has 0 saturated heterocycles. The van der Waals surface area contributed by atoms with Gasteiger partial charge in [-0.15, -0.1) is 0 Å². The predicted molar refractivity (Wildman–Crippen MR) is 98.2 cm³/mol. The highest BCUT2D eigenvalue weighted by atomic mass is 16.4. The monoisotopic (exact) mass is 351 g/mol. The summed E-state index contributed by atoms with van der Waals surface area (Å²) in [5.74, 6) is -1.01. The Kier molecular flexibility index (Phi) is 4.44. The minimum atomic E-state index is -1.01. The highest BCUT2D eigenvalue weighted by Crippen LogP contribution is 2.30. The lowest BCUT2D eigenvalue weighted by Gasteiger charge is -2.17. The predicted octanol–water partition coefficient (Wildman–Crippen LogP) is 2.12. The van der Waals surface area contributed by atoms with Crippen molar-refractivity contribution < 1.29 is 15.0 Å². The molecule has 0 bridgehead atoms. The van der Waals surface area contributed by atoms with Crippen LogP contribution in [0.1, 0.15) is 32.9 Å². The third kappa shape index (κ3) is 2.98. The smallest absolute Gasteiger partial charge is 0.354 e. The van der Waals surface area contributed by atoms with Gasteiger partial charge >= 0.3 is 5.97 Å². The minimum absolute atomic E-state index is 0.0465. The molecule has 0 spiro atoms. The third-order valence-corrected chi connectivity index (χ3v) is 5.04. The van der Waals surface area contributed by atoms with Crippen molar-refractivity contribution in [2.24, 2.45) is 0 Å². The van der Waals surface area contributed by atoms with Crippen LogP contribution in [0.5, 0.6) is 0 Å². The molecule has 3 heterocycles. The summed E-state index contributed by atoms with van der Waals surface area (Å²) in [7, 11) is 0. The Bertz CT molecular complexity index is 961. The summed E-state index contributed by atoms with van der Waals surface area (Å²) in [4.78, 5) is 14.9. The molecule has 0 unspecified atom stereocenters. The molecule has 1 aliphatic heterocycles. The molecule has 6 nitrogen and oxygen atoms in total. The van der Waals surface area contributed by atoms with Crippen molar-refractivity contribution in [1.29, 1.82) is 0 Å². The number of nitrogens with one attached hydrogen (secondary N) is 1. The number of aliphatic hydroxyl groups is 1. The number of hydrogen-bond donors (Lipinski definition) is 3. The third-order valence-electron chi connectivity index (χ3n) is 5.04. The molecule has 0 saturated carbocycles. The van der Waals surface area contributed by atoms with Gasteiger partial charge < -0.3 is 20.1 Å². The first-order valence-corrected chi connectivity index (χ1v) is 8.80. The summed E-state index contributed by atoms with van der Waals surface area (Å²) in [6, 6.07) is 9.53. The van der Waals surface area contributed by atoms with E-state index >= 15 is 0 Å². The molecule has 6 heteroatoms. The maximum absolute atomic E-state index is 10.9. The second-order valence-corrected chi connectivity index (χ2v) is 6.62. The Morgan fingerprint density at radius 2 is 2.08 bits per heavy atom. The topological polar surface area (TPSA) is 87.4 Å². The Balaban J connectivity index is 1.66. The molecule has 3 N–H and O–H groups in total. The van der Waals surface area contributed by atoms with E-state index in [0.29, 0.717) is 0 Å². The van der Waals surface area contributed by atoms with Gasteiger partial charge in [0.25, 0.3) is 0 Å². The van der Waals surface area contributed by atoms with Crippen LogP contribution >= 0.6 is 0 Å². The molecule has 134 valence electrons. The number of carboxylic acid groups (broad SMARTS) is 1. The zero-order valence-electron chi connectivity index (χ0n) is 14.4. The first-order chi connectivity index (χ1) is 12.7. The Labute approximate surface area is 151 Å². The number of hydrogen-bond acceptors (Lipinski definition) is 4. The fraction of sp³-hybridized carbons (Fsp3) is 0.300. The van der Waals surface area contributed by atoms with Gasteiger partial charge in [-0.1, -0.05) is 12.1 Å². The standard InChI is InChI=1S/C20H21N3O3/c24-12-14-2-4-18-15(9-14)16-11-21-7-5-19(16)23(18)8-6-13-1-3-17(20(25)26)22-10-13/h1-4,9-10,21,24H,5-8,11-12H2,(H,25,26). The first kappa shape index (κ1) is 16.8. The van der Waals surface area contributed by atoms with Gasteiger partial charge in [0.2, 0.25) is 0 Å². The molecule has 0 fully saturated rings. The van der Waals surface area contributed by atoms with Gasteiger partial charge in [0, 0.05) is 48.8 Å². The van der Waals surface area contributed by atoms with Gasteiger partial charge in [0.05, 0.1) is 6.61 Å². The molecule has 4 rings (SSSR count). The van der Waals surface area contributed by atoms with Crippen LogP contribution in [0, 0.1) is 0 Å². The van der Waals surface area contributed by atoms with E-state index in [1.54, 1.807) is 12.3 Å². The number of carbonyl (C=O) groups is 1. The number of aromatic carboxylic acids is 1. The van der Waals surface area contributed by atoms with E-state index in [1.165, 1.54) is 22.2 Å². The van der Waals surface area contributed by atoms with Crippen LogP contribution in [0.15, 0.2) is 36.5 Å². The van der Waals surface area contributed by atoms with E-state index in [1.807, 2.05) is 12.1 Å². The van der Waals surface area contributed by atoms with Crippen LogP contribution in [0.25, 0.3) is 10.9 Å². The average molecular weight is 351 g/mol. The summed E-state index contributed by atoms with van der Waals surface area (Å²) in [5, 5.41) is 23.0. The molecule has 0 atom stereocenters. The number of pyridine rings is 1. The summed E-state index contributed by atoms with van der Waals surface area (Å²) >= 11 is 0. The van der Waals surface area contributed by atoms with E-state index in [0.717, 1.165) is 43.6 Å². The van der Waals surface area contributed by atoms with Gasteiger partial charge in [-0.25, -0.2) is 9.78 Å². The number of aryl methyl sites for hydroxylation is 2. The molecule has 1 aliphatic rings. The van der Waals surface area contributed by atoms with E-state index in [-0.39, 0.29) is 12.3 Å². The number of fused-ring (bicyclic) bond motifs is 3. The molecule has 2 aromatic heterocycles. The van der Waals surface area contributed by atoms with Crippen molar-refractivity contribution in [2.45, 2.75) is 32.5 Å². The highest BCUT2D eigenvalue weighted by Gasteiger charge is 2.19. The van der Waals surface area contributed by atoms with Crippen molar-refractivity contribution >= 4 is 16.9 Å². The maximum Gasteiger partial charge on any atom is 0.354 e. The first-order valence-electron chi connectivity index (χ1n) is 8.80. The van der Waals surface area contributed by atoms with Crippen molar-refractivity contribution in [1.82, 2.24) is 14.9 Å². The van der Waals surface area contributed by atoms with Crippen molar-refractivity contribution in [2.75, 3.05) is 6.54 Å². The lowest BCUT2D eigenvalue weighted by molar-refractivity contribution is 0.0690. The van der Waals surface area contributed by atoms with E-state index in [2.05, 4.69) is 27.0 Å². The lowest BCUT2D eigenvalue weighted by atomic mass is 10.0. The highest BCUT2D eigenvalue weighted by molar-refractivity contribution is 5.86. The van der Waals surface area contributed by atoms with Crippen LogP contribution in [0.3, 0.4) is 0 Å². The van der Waals surface area contributed by atoms with Crippen LogP contribution in [0.2, 0.25) is 0 Å². The van der Waals surface area contributed by atoms with Gasteiger partial charge in [-0.05, 0) is 41.3 Å². The van der Waals surface area contributed by atoms with Gasteiger partial charge in [-0.3, -0.25) is 0 Å². The molecule has 0 amide bonds. The second-order valence-electron chi connectivity index (χ2n) is 6.62.